The molecule has 0 radical (unpaired) electrons. The lowest BCUT2D eigenvalue weighted by Gasteiger charge is -2.21. The summed E-state index contributed by atoms with van der Waals surface area (Å²) in [5.74, 6) is 1.96. The smallest absolute Gasteiger partial charge is 0.142 e. The first-order valence-electron chi connectivity index (χ1n) is 14.0. The predicted molar refractivity (Wildman–Crippen MR) is 169 cm³/mol. The fourth-order valence-electron chi connectivity index (χ4n) is 6.11. The number of hydrogen-bond acceptors (Lipinski definition) is 2. The summed E-state index contributed by atoms with van der Waals surface area (Å²) in [5.41, 5.74) is 13.0. The van der Waals surface area contributed by atoms with Gasteiger partial charge in [-0.15, -0.1) is 11.3 Å². The summed E-state index contributed by atoms with van der Waals surface area (Å²) in [6.07, 6.45) is 0. The van der Waals surface area contributed by atoms with Crippen molar-refractivity contribution < 1.29 is 0 Å². The van der Waals surface area contributed by atoms with Crippen molar-refractivity contribution in [2.45, 2.75) is 59.9 Å². The van der Waals surface area contributed by atoms with E-state index in [1.165, 1.54) is 60.1 Å². The Hall–Kier alpha value is -3.69. The molecule has 0 aliphatic rings. The number of aryl methyl sites for hydroxylation is 2. The van der Waals surface area contributed by atoms with E-state index >= 15 is 0 Å². The summed E-state index contributed by atoms with van der Waals surface area (Å²) in [5, 5.41) is 3.58. The zero-order valence-corrected chi connectivity index (χ0v) is 24.6. The first-order valence-corrected chi connectivity index (χ1v) is 14.9. The van der Waals surface area contributed by atoms with Crippen molar-refractivity contribution in [3.05, 3.63) is 112 Å². The van der Waals surface area contributed by atoms with Gasteiger partial charge >= 0.3 is 0 Å². The minimum Gasteiger partial charge on any atom is -0.319 e. The van der Waals surface area contributed by atoms with Gasteiger partial charge in [-0.2, -0.15) is 0 Å². The van der Waals surface area contributed by atoms with E-state index in [0.717, 1.165) is 17.9 Å². The van der Waals surface area contributed by atoms with Crippen LogP contribution in [0.2, 0.25) is 0 Å². The first-order chi connectivity index (χ1) is 18.8. The Morgan fingerprint density at radius 2 is 1.44 bits per heavy atom. The molecule has 0 atom stereocenters. The molecule has 0 spiro atoms. The molecule has 0 amide bonds. The van der Waals surface area contributed by atoms with Crippen LogP contribution in [0.1, 0.15) is 67.3 Å². The molecule has 0 unspecified atom stereocenters. The number of aromatic nitrogens is 2. The predicted octanol–water partition coefficient (Wildman–Crippen LogP) is 10.5. The molecule has 0 bridgehead atoms. The average molecular weight is 529 g/mol. The van der Waals surface area contributed by atoms with E-state index in [-0.39, 0.29) is 0 Å². The summed E-state index contributed by atoms with van der Waals surface area (Å²) in [7, 11) is 0. The average Bonchev–Trinajstić information content (AvgIpc) is 3.49. The maximum absolute atomic E-state index is 5.26. The molecule has 3 heteroatoms. The van der Waals surface area contributed by atoms with Crippen LogP contribution in [-0.2, 0) is 6.54 Å². The molecule has 0 saturated carbocycles. The molecular formula is C36H36N2S. The van der Waals surface area contributed by atoms with Crippen LogP contribution in [0.5, 0.6) is 0 Å². The maximum Gasteiger partial charge on any atom is 0.142 e. The molecule has 2 aromatic heterocycles. The van der Waals surface area contributed by atoms with Crippen LogP contribution in [0.4, 0.5) is 0 Å². The molecule has 0 fully saturated rings. The van der Waals surface area contributed by atoms with Crippen molar-refractivity contribution >= 4 is 32.5 Å². The molecule has 0 aliphatic heterocycles. The van der Waals surface area contributed by atoms with Crippen molar-refractivity contribution in [2.75, 3.05) is 0 Å². The normalized spacial score (nSPS) is 11.9. The van der Waals surface area contributed by atoms with Crippen molar-refractivity contribution in [2.24, 2.45) is 0 Å². The van der Waals surface area contributed by atoms with Crippen molar-refractivity contribution in [3.8, 4) is 22.5 Å². The van der Waals surface area contributed by atoms with Crippen LogP contribution in [0, 0.1) is 13.8 Å². The zero-order chi connectivity index (χ0) is 27.3. The highest BCUT2D eigenvalue weighted by atomic mass is 32.1. The third kappa shape index (κ3) is 4.49. The molecule has 0 aliphatic carbocycles. The Balaban J connectivity index is 1.58. The van der Waals surface area contributed by atoms with E-state index in [4.69, 9.17) is 4.98 Å². The van der Waals surface area contributed by atoms with Gasteiger partial charge in [-0.25, -0.2) is 4.98 Å². The number of thiophene rings is 1. The van der Waals surface area contributed by atoms with Gasteiger partial charge in [0.25, 0.3) is 0 Å². The van der Waals surface area contributed by atoms with E-state index in [9.17, 15) is 0 Å². The van der Waals surface area contributed by atoms with Crippen molar-refractivity contribution in [1.29, 1.82) is 0 Å². The number of fused-ring (bicyclic) bond motifs is 2. The van der Waals surface area contributed by atoms with Gasteiger partial charge in [-0.05, 0) is 88.9 Å². The van der Waals surface area contributed by atoms with Gasteiger partial charge < -0.3 is 4.57 Å². The van der Waals surface area contributed by atoms with Crippen molar-refractivity contribution in [3.63, 3.8) is 0 Å². The largest absolute Gasteiger partial charge is 0.319 e. The third-order valence-corrected chi connectivity index (χ3v) is 9.01. The van der Waals surface area contributed by atoms with Gasteiger partial charge in [0, 0.05) is 21.0 Å². The van der Waals surface area contributed by atoms with E-state index < -0.39 is 0 Å². The Kier molecular flexibility index (Phi) is 6.64. The number of rotatable bonds is 6. The molecule has 0 N–H and O–H groups in total. The van der Waals surface area contributed by atoms with E-state index in [0.29, 0.717) is 11.8 Å². The lowest BCUT2D eigenvalue weighted by Crippen LogP contribution is -2.10. The van der Waals surface area contributed by atoms with Crippen LogP contribution in [0.25, 0.3) is 43.6 Å². The second-order valence-electron chi connectivity index (χ2n) is 11.4. The number of benzene rings is 4. The van der Waals surface area contributed by atoms with E-state index in [2.05, 4.69) is 130 Å². The zero-order valence-electron chi connectivity index (χ0n) is 23.7. The fourth-order valence-corrected chi connectivity index (χ4v) is 7.03. The highest BCUT2D eigenvalue weighted by Crippen LogP contribution is 2.39. The molecule has 6 rings (SSSR count). The fraction of sp³-hybridized carbons (Fsp3) is 0.250. The highest BCUT2D eigenvalue weighted by molar-refractivity contribution is 7.17. The summed E-state index contributed by atoms with van der Waals surface area (Å²) in [6, 6.07) is 28.9. The number of nitrogens with zero attached hydrogens (tertiary/aromatic N) is 2. The molecule has 0 saturated heterocycles. The molecule has 196 valence electrons. The monoisotopic (exact) mass is 528 g/mol. The van der Waals surface area contributed by atoms with Gasteiger partial charge in [-0.1, -0.05) is 82.3 Å². The summed E-state index contributed by atoms with van der Waals surface area (Å²) in [6.45, 7) is 14.4. The quantitative estimate of drug-likeness (QED) is 0.210. The first kappa shape index (κ1) is 25.6. The van der Waals surface area contributed by atoms with Gasteiger partial charge in [0.05, 0.1) is 17.6 Å². The van der Waals surface area contributed by atoms with Crippen LogP contribution in [0.3, 0.4) is 0 Å². The summed E-state index contributed by atoms with van der Waals surface area (Å²) < 4.78 is 3.75. The standard InChI is InChI=1S/C36H36N2S/c1-22(2)27-13-10-14-28(23(3)4)30(27)20-38-33-16-8-7-15-32(33)37-36(38)31-21-39-34-18-17-26(19-29(31)34)35-24(5)11-9-12-25(35)6/h7-19,21-23H,20H2,1-6H3. The molecule has 39 heavy (non-hydrogen) atoms. The summed E-state index contributed by atoms with van der Waals surface area (Å²) in [4.78, 5) is 5.26. The lowest BCUT2D eigenvalue weighted by molar-refractivity contribution is 0.750. The number of hydrogen-bond donors (Lipinski definition) is 0. The molecular weight excluding hydrogens is 492 g/mol. The molecule has 2 heterocycles. The Labute approximate surface area is 236 Å². The summed E-state index contributed by atoms with van der Waals surface area (Å²) >= 11 is 1.81. The van der Waals surface area contributed by atoms with Gasteiger partial charge in [0.2, 0.25) is 0 Å². The second kappa shape index (κ2) is 10.1. The SMILES string of the molecule is Cc1cccc(C)c1-c1ccc2scc(-c3nc4ccccc4n3Cc3c(C(C)C)cccc3C(C)C)c2c1. The second-order valence-corrected chi connectivity index (χ2v) is 12.3. The minimum absolute atomic E-state index is 0.457. The minimum atomic E-state index is 0.457. The van der Waals surface area contributed by atoms with Gasteiger partial charge in [0.15, 0.2) is 0 Å². The van der Waals surface area contributed by atoms with Crippen LogP contribution in [-0.4, -0.2) is 9.55 Å². The third-order valence-electron chi connectivity index (χ3n) is 8.05. The van der Waals surface area contributed by atoms with Gasteiger partial charge in [-0.3, -0.25) is 0 Å². The topological polar surface area (TPSA) is 17.8 Å². The van der Waals surface area contributed by atoms with Crippen LogP contribution < -0.4 is 0 Å². The Bertz CT molecular complexity index is 1770. The van der Waals surface area contributed by atoms with Crippen LogP contribution in [0.15, 0.2) is 84.2 Å². The Morgan fingerprint density at radius 1 is 0.769 bits per heavy atom. The highest BCUT2D eigenvalue weighted by Gasteiger charge is 2.21. The number of imidazole rings is 1. The maximum atomic E-state index is 5.26. The van der Waals surface area contributed by atoms with Crippen molar-refractivity contribution in [1.82, 2.24) is 9.55 Å². The molecule has 4 aromatic carbocycles. The van der Waals surface area contributed by atoms with E-state index in [1.54, 1.807) is 0 Å². The molecule has 6 aromatic rings. The van der Waals surface area contributed by atoms with E-state index in [1.807, 2.05) is 11.3 Å². The lowest BCUT2D eigenvalue weighted by atomic mass is 9.88. The Morgan fingerprint density at radius 3 is 2.13 bits per heavy atom. The molecule has 2 nitrogen and oxygen atoms in total. The van der Waals surface area contributed by atoms with Gasteiger partial charge in [0.1, 0.15) is 5.82 Å². The van der Waals surface area contributed by atoms with Crippen LogP contribution >= 0.6 is 11.3 Å². The number of para-hydroxylation sites is 2.